The zero-order valence-corrected chi connectivity index (χ0v) is 15.9. The first-order chi connectivity index (χ1) is 12.7. The molecule has 0 unspecified atom stereocenters. The monoisotopic (exact) mass is 357 g/mol. The summed E-state index contributed by atoms with van der Waals surface area (Å²) in [5, 5.41) is 3.61. The summed E-state index contributed by atoms with van der Waals surface area (Å²) in [7, 11) is 3.31. The van der Waals surface area contributed by atoms with E-state index in [0.717, 1.165) is 41.5 Å². The topological polar surface area (TPSA) is 49.0 Å². The highest BCUT2D eigenvalue weighted by molar-refractivity contribution is 5.53. The van der Waals surface area contributed by atoms with Gasteiger partial charge in [0.1, 0.15) is 0 Å². The van der Waals surface area contributed by atoms with Crippen LogP contribution in [0.15, 0.2) is 30.3 Å². The Morgan fingerprint density at radius 2 is 1.58 bits per heavy atom. The Morgan fingerprint density at radius 1 is 0.885 bits per heavy atom. The van der Waals surface area contributed by atoms with Gasteiger partial charge in [-0.15, -0.1) is 0 Å². The van der Waals surface area contributed by atoms with Crippen molar-refractivity contribution in [2.75, 3.05) is 34.0 Å². The molecular formula is C21H27NO4. The number of hydrogen-bond donors (Lipinski definition) is 1. The van der Waals surface area contributed by atoms with E-state index in [1.165, 1.54) is 11.1 Å². The standard InChI is InChI=1S/C21H27NO4/c1-5-25-19-11-14-9-10-22-21(16(14)13-20(19)26-6-2)15-7-8-17(23-3)18(12-15)24-4/h7-8,11-13,21-22H,5-6,9-10H2,1-4H3/t21-/m0/s1. The van der Waals surface area contributed by atoms with Crippen molar-refractivity contribution >= 4 is 0 Å². The summed E-state index contributed by atoms with van der Waals surface area (Å²) in [6.45, 7) is 6.11. The van der Waals surface area contributed by atoms with Gasteiger partial charge in [0.05, 0.1) is 33.5 Å². The Hall–Kier alpha value is -2.40. The molecule has 26 heavy (non-hydrogen) atoms. The molecule has 2 aromatic rings. The molecule has 0 spiro atoms. The van der Waals surface area contributed by atoms with Crippen molar-refractivity contribution in [3.63, 3.8) is 0 Å². The summed E-state index contributed by atoms with van der Waals surface area (Å²) >= 11 is 0. The van der Waals surface area contributed by atoms with Crippen molar-refractivity contribution < 1.29 is 18.9 Å². The Morgan fingerprint density at radius 3 is 2.23 bits per heavy atom. The van der Waals surface area contributed by atoms with E-state index in [1.54, 1.807) is 14.2 Å². The summed E-state index contributed by atoms with van der Waals surface area (Å²) in [6.07, 6.45) is 0.964. The zero-order valence-electron chi connectivity index (χ0n) is 15.9. The number of ether oxygens (including phenoxy) is 4. The average Bonchev–Trinajstić information content (AvgIpc) is 2.68. The molecule has 1 aliphatic heterocycles. The molecule has 3 rings (SSSR count). The van der Waals surface area contributed by atoms with E-state index in [2.05, 4.69) is 23.5 Å². The third-order valence-corrected chi connectivity index (χ3v) is 4.60. The van der Waals surface area contributed by atoms with E-state index in [9.17, 15) is 0 Å². The van der Waals surface area contributed by atoms with Crippen LogP contribution in [0.25, 0.3) is 0 Å². The molecule has 0 radical (unpaired) electrons. The minimum absolute atomic E-state index is 0.0773. The minimum Gasteiger partial charge on any atom is -0.493 e. The Labute approximate surface area is 155 Å². The zero-order chi connectivity index (χ0) is 18.5. The van der Waals surface area contributed by atoms with Gasteiger partial charge < -0.3 is 24.3 Å². The first kappa shape index (κ1) is 18.4. The lowest BCUT2D eigenvalue weighted by atomic mass is 9.89. The number of rotatable bonds is 7. The largest absolute Gasteiger partial charge is 0.493 e. The fraction of sp³-hybridized carbons (Fsp3) is 0.429. The molecule has 1 atom stereocenters. The van der Waals surface area contributed by atoms with Crippen LogP contribution in [-0.4, -0.2) is 34.0 Å². The van der Waals surface area contributed by atoms with Crippen LogP contribution < -0.4 is 24.3 Å². The van der Waals surface area contributed by atoms with Gasteiger partial charge in [-0.05, 0) is 61.2 Å². The second kappa shape index (κ2) is 8.32. The summed E-state index contributed by atoms with van der Waals surface area (Å²) < 4.78 is 22.4. The van der Waals surface area contributed by atoms with Crippen LogP contribution in [0.4, 0.5) is 0 Å². The van der Waals surface area contributed by atoms with Gasteiger partial charge in [-0.25, -0.2) is 0 Å². The predicted octanol–water partition coefficient (Wildman–Crippen LogP) is 3.74. The number of hydrogen-bond acceptors (Lipinski definition) is 5. The van der Waals surface area contributed by atoms with E-state index in [-0.39, 0.29) is 6.04 Å². The van der Waals surface area contributed by atoms with E-state index >= 15 is 0 Å². The Balaban J connectivity index is 2.04. The molecule has 0 aromatic heterocycles. The highest BCUT2D eigenvalue weighted by atomic mass is 16.5. The maximum absolute atomic E-state index is 5.82. The van der Waals surface area contributed by atoms with Gasteiger partial charge >= 0.3 is 0 Å². The second-order valence-corrected chi connectivity index (χ2v) is 6.12. The number of methoxy groups -OCH3 is 2. The third-order valence-electron chi connectivity index (χ3n) is 4.60. The summed E-state index contributed by atoms with van der Waals surface area (Å²) in [4.78, 5) is 0. The van der Waals surface area contributed by atoms with Crippen LogP contribution in [0.3, 0.4) is 0 Å². The molecule has 1 N–H and O–H groups in total. The third kappa shape index (κ3) is 3.58. The summed E-state index contributed by atoms with van der Waals surface area (Å²) in [6, 6.07) is 10.4. The molecule has 1 aliphatic rings. The summed E-state index contributed by atoms with van der Waals surface area (Å²) in [5.74, 6) is 3.08. The highest BCUT2D eigenvalue weighted by Crippen LogP contribution is 2.39. The van der Waals surface area contributed by atoms with Crippen LogP contribution in [0, 0.1) is 0 Å². The molecule has 0 fully saturated rings. The fourth-order valence-electron chi connectivity index (χ4n) is 3.43. The van der Waals surface area contributed by atoms with Crippen LogP contribution in [0.2, 0.25) is 0 Å². The van der Waals surface area contributed by atoms with E-state index in [1.807, 2.05) is 26.0 Å². The van der Waals surface area contributed by atoms with Crippen molar-refractivity contribution in [1.29, 1.82) is 0 Å². The molecule has 0 bridgehead atoms. The van der Waals surface area contributed by atoms with Crippen molar-refractivity contribution in [2.24, 2.45) is 0 Å². The van der Waals surface area contributed by atoms with Crippen LogP contribution in [-0.2, 0) is 6.42 Å². The maximum Gasteiger partial charge on any atom is 0.161 e. The number of fused-ring (bicyclic) bond motifs is 1. The van der Waals surface area contributed by atoms with E-state index in [4.69, 9.17) is 18.9 Å². The van der Waals surface area contributed by atoms with Crippen molar-refractivity contribution in [1.82, 2.24) is 5.32 Å². The normalized spacial score (nSPS) is 15.9. The summed E-state index contributed by atoms with van der Waals surface area (Å²) in [5.41, 5.74) is 3.64. The number of nitrogens with one attached hydrogen (secondary N) is 1. The Bertz CT molecular complexity index is 760. The molecule has 0 saturated heterocycles. The van der Waals surface area contributed by atoms with E-state index < -0.39 is 0 Å². The highest BCUT2D eigenvalue weighted by Gasteiger charge is 2.25. The van der Waals surface area contributed by atoms with Gasteiger partial charge in [-0.1, -0.05) is 6.07 Å². The van der Waals surface area contributed by atoms with Crippen molar-refractivity contribution in [2.45, 2.75) is 26.3 Å². The Kier molecular flexibility index (Phi) is 5.89. The van der Waals surface area contributed by atoms with Gasteiger partial charge in [0.2, 0.25) is 0 Å². The fourth-order valence-corrected chi connectivity index (χ4v) is 3.43. The molecule has 1 heterocycles. The van der Waals surface area contributed by atoms with Gasteiger partial charge in [-0.2, -0.15) is 0 Å². The smallest absolute Gasteiger partial charge is 0.161 e. The molecular weight excluding hydrogens is 330 g/mol. The van der Waals surface area contributed by atoms with Gasteiger partial charge in [0.25, 0.3) is 0 Å². The second-order valence-electron chi connectivity index (χ2n) is 6.12. The van der Waals surface area contributed by atoms with Crippen LogP contribution >= 0.6 is 0 Å². The first-order valence-corrected chi connectivity index (χ1v) is 9.09. The molecule has 5 heteroatoms. The maximum atomic E-state index is 5.82. The quantitative estimate of drug-likeness (QED) is 0.818. The lowest BCUT2D eigenvalue weighted by Gasteiger charge is -2.29. The van der Waals surface area contributed by atoms with Gasteiger partial charge in [-0.3, -0.25) is 0 Å². The molecule has 0 aliphatic carbocycles. The predicted molar refractivity (Wildman–Crippen MR) is 102 cm³/mol. The number of benzene rings is 2. The molecule has 0 amide bonds. The SMILES string of the molecule is CCOc1cc2c(cc1OCC)[C@H](c1ccc(OC)c(OC)c1)NCC2. The van der Waals surface area contributed by atoms with Gasteiger partial charge in [0.15, 0.2) is 23.0 Å². The average molecular weight is 357 g/mol. The van der Waals surface area contributed by atoms with Crippen LogP contribution in [0.5, 0.6) is 23.0 Å². The lowest BCUT2D eigenvalue weighted by molar-refractivity contribution is 0.286. The van der Waals surface area contributed by atoms with Gasteiger partial charge in [0, 0.05) is 6.54 Å². The van der Waals surface area contributed by atoms with Crippen molar-refractivity contribution in [3.8, 4) is 23.0 Å². The van der Waals surface area contributed by atoms with E-state index in [0.29, 0.717) is 13.2 Å². The minimum atomic E-state index is 0.0773. The molecule has 5 nitrogen and oxygen atoms in total. The molecule has 140 valence electrons. The lowest BCUT2D eigenvalue weighted by Crippen LogP contribution is -2.30. The van der Waals surface area contributed by atoms with Crippen molar-refractivity contribution in [3.05, 3.63) is 47.0 Å². The first-order valence-electron chi connectivity index (χ1n) is 9.09. The molecule has 0 saturated carbocycles. The molecule has 2 aromatic carbocycles. The van der Waals surface area contributed by atoms with Crippen LogP contribution in [0.1, 0.15) is 36.6 Å².